The summed E-state index contributed by atoms with van der Waals surface area (Å²) >= 11 is 4.05. The van der Waals surface area contributed by atoms with Gasteiger partial charge >= 0.3 is 120 Å². The molecule has 0 heterocycles. The number of ether oxygens (including phenoxy) is 1. The smallest absolute Gasteiger partial charge is 1.00 e. The summed E-state index contributed by atoms with van der Waals surface area (Å²) in [5.41, 5.74) is 2.65. The Morgan fingerprint density at radius 3 is 2.47 bits per heavy atom. The summed E-state index contributed by atoms with van der Waals surface area (Å²) in [5, 5.41) is 0. The van der Waals surface area contributed by atoms with Crippen LogP contribution in [0.4, 0.5) is 0 Å². The zero-order valence-electron chi connectivity index (χ0n) is 11.3. The maximum Gasteiger partial charge on any atom is -1.00 e. The van der Waals surface area contributed by atoms with Gasteiger partial charge in [-0.2, -0.15) is 0 Å². The molecule has 0 bridgehead atoms. The van der Waals surface area contributed by atoms with Crippen LogP contribution in [0.15, 0.2) is 44.2 Å². The molecule has 0 aromatic rings. The molecule has 0 aliphatic heterocycles. The molecule has 1 unspecified atom stereocenters. The summed E-state index contributed by atoms with van der Waals surface area (Å²) in [6.07, 6.45) is 11.0. The fraction of sp³-hybridized carbons (Fsp3) is 0.429. The number of rotatable bonds is 3. The molecule has 0 aromatic heterocycles. The molecule has 0 spiro atoms. The van der Waals surface area contributed by atoms with Crippen LogP contribution in [0, 0.1) is 0 Å². The first-order chi connectivity index (χ1) is 8.07. The van der Waals surface area contributed by atoms with Crippen LogP contribution < -0.4 is 24.8 Å². The number of halogens is 2. The minimum atomic E-state index is -0.204. The first kappa shape index (κ1) is 19.6. The van der Waals surface area contributed by atoms with Gasteiger partial charge in [-0.15, -0.1) is 0 Å². The zero-order chi connectivity index (χ0) is 12.5. The molecule has 0 amide bonds. The third-order valence-electron chi connectivity index (χ3n) is 3.23. The zero-order valence-corrected chi connectivity index (χ0v) is 15.2. The van der Waals surface area contributed by atoms with Crippen LogP contribution in [-0.4, -0.2) is 12.0 Å². The summed E-state index contributed by atoms with van der Waals surface area (Å²) in [5.74, 6) is 0. The summed E-state index contributed by atoms with van der Waals surface area (Å²) in [6.45, 7) is 4.31. The van der Waals surface area contributed by atoms with Crippen molar-refractivity contribution in [2.75, 3.05) is 7.11 Å². The fourth-order valence-corrected chi connectivity index (χ4v) is 3.88. The molecule has 2 aliphatic rings. The van der Waals surface area contributed by atoms with Crippen LogP contribution >= 0.6 is 11.8 Å². The van der Waals surface area contributed by atoms with Gasteiger partial charge < -0.3 is 24.8 Å². The van der Waals surface area contributed by atoms with Crippen LogP contribution in [-0.2, 0) is 25.2 Å². The second-order valence-electron chi connectivity index (χ2n) is 4.49. The van der Waals surface area contributed by atoms with Crippen molar-refractivity contribution in [3.63, 3.8) is 0 Å². The van der Waals surface area contributed by atoms with Gasteiger partial charge in [-0.3, -0.25) is 0 Å². The maximum atomic E-state index is 5.83. The third kappa shape index (κ3) is 4.26. The molecular weight excluding hydrogens is 335 g/mol. The first-order valence-corrected chi connectivity index (χ1v) is 7.38. The molecule has 103 valence electrons. The number of hydrogen-bond donors (Lipinski definition) is 0. The van der Waals surface area contributed by atoms with Crippen molar-refractivity contribution in [3.05, 3.63) is 44.2 Å². The average Bonchev–Trinajstić information content (AvgIpc) is 2.69. The Labute approximate surface area is 144 Å². The van der Waals surface area contributed by atoms with Crippen LogP contribution in [0.5, 0.6) is 0 Å². The van der Waals surface area contributed by atoms with Gasteiger partial charge in [-0.1, -0.05) is 0 Å². The van der Waals surface area contributed by atoms with E-state index < -0.39 is 0 Å². The molecule has 19 heavy (non-hydrogen) atoms. The first-order valence-electron chi connectivity index (χ1n) is 5.78. The van der Waals surface area contributed by atoms with Gasteiger partial charge in [0.05, 0.1) is 0 Å². The summed E-state index contributed by atoms with van der Waals surface area (Å²) < 4.78 is 7.28. The Morgan fingerprint density at radius 1 is 1.32 bits per heavy atom. The maximum absolute atomic E-state index is 5.83. The van der Waals surface area contributed by atoms with Crippen molar-refractivity contribution < 1.29 is 50.0 Å². The van der Waals surface area contributed by atoms with Gasteiger partial charge in [-0.05, 0) is 0 Å². The van der Waals surface area contributed by atoms with Crippen molar-refractivity contribution in [2.24, 2.45) is 0 Å². The van der Waals surface area contributed by atoms with Gasteiger partial charge in [-0.25, -0.2) is 0 Å². The third-order valence-corrected chi connectivity index (χ3v) is 5.84. The predicted octanol–water partition coefficient (Wildman–Crippen LogP) is -1.92. The van der Waals surface area contributed by atoms with Crippen molar-refractivity contribution in [1.82, 2.24) is 0 Å². The second-order valence-corrected chi connectivity index (χ2v) is 6.73. The Hall–Kier alpha value is 0.564. The van der Waals surface area contributed by atoms with E-state index in [0.29, 0.717) is 0 Å². The van der Waals surface area contributed by atoms with Crippen LogP contribution in [0.1, 0.15) is 26.7 Å². The van der Waals surface area contributed by atoms with Crippen molar-refractivity contribution in [2.45, 2.75) is 31.6 Å². The Morgan fingerprint density at radius 2 is 2.00 bits per heavy atom. The molecule has 0 saturated heterocycles. The van der Waals surface area contributed by atoms with Crippen LogP contribution in [0.25, 0.3) is 0 Å². The van der Waals surface area contributed by atoms with Crippen molar-refractivity contribution >= 4 is 11.8 Å². The van der Waals surface area contributed by atoms with E-state index in [1.54, 1.807) is 0 Å². The van der Waals surface area contributed by atoms with E-state index in [2.05, 4.69) is 58.6 Å². The van der Waals surface area contributed by atoms with Gasteiger partial charge in [0.25, 0.3) is 0 Å². The number of thioether (sulfide) groups is 1. The Balaban J connectivity index is 0.00000162. The van der Waals surface area contributed by atoms with Gasteiger partial charge in [0.1, 0.15) is 0 Å². The van der Waals surface area contributed by atoms with Crippen LogP contribution in [0.2, 0.25) is 0 Å². The summed E-state index contributed by atoms with van der Waals surface area (Å²) in [4.78, 5) is 1.16. The second kappa shape index (κ2) is 8.12. The molecule has 0 fully saturated rings. The molecular formula is C14H17Cl2OSTi. The minimum Gasteiger partial charge on any atom is -1.00 e. The molecule has 1 nitrogen and oxygen atoms in total. The molecule has 0 N–H and O–H groups in total. The molecule has 0 saturated carbocycles. The predicted molar refractivity (Wildman–Crippen MR) is 70.2 cm³/mol. The van der Waals surface area contributed by atoms with Gasteiger partial charge in [0, 0.05) is 0 Å². The molecule has 0 radical (unpaired) electrons. The largest absolute Gasteiger partial charge is 1.00 e. The molecule has 2 aliphatic carbocycles. The van der Waals surface area contributed by atoms with Crippen molar-refractivity contribution in [1.29, 1.82) is 0 Å². The number of methoxy groups -OCH3 is 1. The SMILES string of the molecule is COC1(SC2=[C]([Ti+2])CC=C2)CC=C(C)C=C1C.[Cl-].[Cl-]. The van der Waals surface area contributed by atoms with Gasteiger partial charge in [0.15, 0.2) is 0 Å². The Kier molecular flexibility index (Phi) is 8.36. The number of hydrogen-bond acceptors (Lipinski definition) is 2. The Bertz CT molecular complexity index is 454. The molecule has 1 atom stereocenters. The van der Waals surface area contributed by atoms with E-state index in [1.165, 1.54) is 19.9 Å². The van der Waals surface area contributed by atoms with E-state index in [-0.39, 0.29) is 29.7 Å². The quantitative estimate of drug-likeness (QED) is 0.433. The summed E-state index contributed by atoms with van der Waals surface area (Å²) in [7, 11) is 1.81. The van der Waals surface area contributed by atoms with E-state index in [1.807, 2.05) is 18.9 Å². The van der Waals surface area contributed by atoms with E-state index in [0.717, 1.165) is 12.8 Å². The van der Waals surface area contributed by atoms with Gasteiger partial charge in [0.2, 0.25) is 0 Å². The van der Waals surface area contributed by atoms with Crippen molar-refractivity contribution in [3.8, 4) is 0 Å². The minimum absolute atomic E-state index is 0. The fourth-order valence-electron chi connectivity index (χ4n) is 2.13. The van der Waals surface area contributed by atoms with E-state index in [9.17, 15) is 0 Å². The topological polar surface area (TPSA) is 9.23 Å². The number of allylic oxidation sites excluding steroid dienone is 5. The summed E-state index contributed by atoms with van der Waals surface area (Å²) in [6, 6.07) is 0. The monoisotopic (exact) mass is 351 g/mol. The standard InChI is InChI=1S/C14H17OS.2ClH.Ti/c1-11-8-9-14(15-3,12(2)10-11)16-13-6-4-5-7-13;;;/h4,6,8,10H,5,9H2,1-3H3;2*1H;/q;;;+2/p-2. The van der Waals surface area contributed by atoms with Crippen LogP contribution in [0.3, 0.4) is 0 Å². The molecule has 0 aromatic carbocycles. The molecule has 2 rings (SSSR count). The normalized spacial score (nSPS) is 25.5. The molecule has 5 heteroatoms. The average molecular weight is 352 g/mol. The van der Waals surface area contributed by atoms with E-state index in [4.69, 9.17) is 4.74 Å². The van der Waals surface area contributed by atoms with E-state index >= 15 is 0 Å².